The standard InChI is InChI=1S/C21H35N5O/c1-8-14-22-17(4)18(5)24-25-26(6)15-13-19(16(2)3)23-20-11-9-10-12-21(20)27-7/h8-12,17-19,22-23H,1-2,13-15H2,3-7H3/t17?,18-,19?/m0/s1. The van der Waals surface area contributed by atoms with E-state index >= 15 is 0 Å². The Morgan fingerprint density at radius 3 is 2.67 bits per heavy atom. The van der Waals surface area contributed by atoms with Crippen molar-refractivity contribution in [1.29, 1.82) is 0 Å². The fraction of sp³-hybridized carbons (Fsp3) is 0.524. The summed E-state index contributed by atoms with van der Waals surface area (Å²) in [5.74, 6) is 0.826. The third-order valence-electron chi connectivity index (χ3n) is 4.47. The zero-order chi connectivity index (χ0) is 20.2. The summed E-state index contributed by atoms with van der Waals surface area (Å²) in [6.07, 6.45) is 2.71. The van der Waals surface area contributed by atoms with Crippen molar-refractivity contribution < 1.29 is 4.74 Å². The van der Waals surface area contributed by atoms with Crippen LogP contribution in [0.15, 0.2) is 59.4 Å². The Morgan fingerprint density at radius 2 is 2.04 bits per heavy atom. The van der Waals surface area contributed by atoms with Gasteiger partial charge in [-0.25, -0.2) is 0 Å². The molecular formula is C21H35N5O. The van der Waals surface area contributed by atoms with Crippen molar-refractivity contribution in [1.82, 2.24) is 10.3 Å². The zero-order valence-electron chi connectivity index (χ0n) is 17.4. The van der Waals surface area contributed by atoms with Gasteiger partial charge in [0.2, 0.25) is 0 Å². The Kier molecular flexibility index (Phi) is 10.2. The number of rotatable bonds is 13. The van der Waals surface area contributed by atoms with E-state index in [0.717, 1.165) is 36.5 Å². The normalized spacial score (nSPS) is 14.4. The van der Waals surface area contributed by atoms with E-state index < -0.39 is 0 Å². The molecule has 0 spiro atoms. The summed E-state index contributed by atoms with van der Waals surface area (Å²) >= 11 is 0. The van der Waals surface area contributed by atoms with Gasteiger partial charge in [-0.1, -0.05) is 35.6 Å². The molecule has 1 aromatic carbocycles. The van der Waals surface area contributed by atoms with Gasteiger partial charge in [-0.15, -0.1) is 6.58 Å². The average Bonchev–Trinajstić information content (AvgIpc) is 2.67. The molecule has 0 heterocycles. The number of hydrogen-bond donors (Lipinski definition) is 2. The van der Waals surface area contributed by atoms with Crippen LogP contribution in [0.4, 0.5) is 5.69 Å². The van der Waals surface area contributed by atoms with Gasteiger partial charge in [0.25, 0.3) is 0 Å². The molecule has 6 heteroatoms. The second-order valence-electron chi connectivity index (χ2n) is 6.84. The predicted octanol–water partition coefficient (Wildman–Crippen LogP) is 4.29. The van der Waals surface area contributed by atoms with Crippen LogP contribution in [-0.4, -0.2) is 50.4 Å². The van der Waals surface area contributed by atoms with E-state index in [4.69, 9.17) is 4.74 Å². The number of methoxy groups -OCH3 is 1. The van der Waals surface area contributed by atoms with Gasteiger partial charge < -0.3 is 15.4 Å². The monoisotopic (exact) mass is 373 g/mol. The van der Waals surface area contributed by atoms with Gasteiger partial charge in [0.1, 0.15) is 5.75 Å². The summed E-state index contributed by atoms with van der Waals surface area (Å²) in [6.45, 7) is 15.6. The van der Waals surface area contributed by atoms with E-state index in [1.54, 1.807) is 7.11 Å². The Labute approximate surface area is 164 Å². The van der Waals surface area contributed by atoms with Gasteiger partial charge in [-0.2, -0.15) is 5.11 Å². The molecule has 6 nitrogen and oxygen atoms in total. The summed E-state index contributed by atoms with van der Waals surface area (Å²) in [7, 11) is 3.62. The molecule has 3 atom stereocenters. The van der Waals surface area contributed by atoms with E-state index in [0.29, 0.717) is 0 Å². The van der Waals surface area contributed by atoms with Crippen LogP contribution in [0.1, 0.15) is 27.2 Å². The first kappa shape index (κ1) is 22.7. The van der Waals surface area contributed by atoms with Crippen LogP contribution >= 0.6 is 0 Å². The summed E-state index contributed by atoms with van der Waals surface area (Å²) in [6, 6.07) is 8.37. The van der Waals surface area contributed by atoms with E-state index in [1.807, 2.05) is 49.3 Å². The van der Waals surface area contributed by atoms with Gasteiger partial charge in [0.05, 0.1) is 18.8 Å². The van der Waals surface area contributed by atoms with E-state index in [-0.39, 0.29) is 18.1 Å². The summed E-state index contributed by atoms with van der Waals surface area (Å²) in [4.78, 5) is 0. The number of hydrogen-bond acceptors (Lipinski definition) is 5. The minimum atomic E-state index is 0.0936. The summed E-state index contributed by atoms with van der Waals surface area (Å²) in [5, 5.41) is 17.5. The zero-order valence-corrected chi connectivity index (χ0v) is 17.4. The molecule has 150 valence electrons. The Balaban J connectivity index is 2.57. The highest BCUT2D eigenvalue weighted by atomic mass is 16.5. The number of nitrogens with zero attached hydrogens (tertiary/aromatic N) is 3. The van der Waals surface area contributed by atoms with E-state index in [1.165, 1.54) is 0 Å². The molecule has 0 aliphatic rings. The first-order chi connectivity index (χ1) is 12.9. The highest BCUT2D eigenvalue weighted by Gasteiger charge is 2.13. The largest absolute Gasteiger partial charge is 0.495 e. The number of para-hydroxylation sites is 2. The Bertz CT molecular complexity index is 616. The highest BCUT2D eigenvalue weighted by Crippen LogP contribution is 2.25. The van der Waals surface area contributed by atoms with Crippen molar-refractivity contribution in [2.45, 2.75) is 45.3 Å². The summed E-state index contributed by atoms with van der Waals surface area (Å²) in [5.41, 5.74) is 2.04. The molecule has 27 heavy (non-hydrogen) atoms. The fourth-order valence-corrected chi connectivity index (χ4v) is 2.46. The highest BCUT2D eigenvalue weighted by molar-refractivity contribution is 5.57. The van der Waals surface area contributed by atoms with Gasteiger partial charge in [0.15, 0.2) is 0 Å². The van der Waals surface area contributed by atoms with Gasteiger partial charge >= 0.3 is 0 Å². The van der Waals surface area contributed by atoms with Crippen molar-refractivity contribution in [3.8, 4) is 5.75 Å². The lowest BCUT2D eigenvalue weighted by atomic mass is 10.1. The molecular weight excluding hydrogens is 338 g/mol. The summed E-state index contributed by atoms with van der Waals surface area (Å²) < 4.78 is 5.42. The minimum absolute atomic E-state index is 0.0936. The predicted molar refractivity (Wildman–Crippen MR) is 114 cm³/mol. The quantitative estimate of drug-likeness (QED) is 0.307. The minimum Gasteiger partial charge on any atom is -0.495 e. The topological polar surface area (TPSA) is 61.2 Å². The maximum Gasteiger partial charge on any atom is 0.141 e. The average molecular weight is 374 g/mol. The first-order valence-electron chi connectivity index (χ1n) is 9.40. The molecule has 0 saturated heterocycles. The molecule has 0 aliphatic carbocycles. The Morgan fingerprint density at radius 1 is 1.33 bits per heavy atom. The SMILES string of the molecule is C=CCNC(C)[C@H](C)N=NN(C)CCC(Nc1ccccc1OC)C(=C)C. The third kappa shape index (κ3) is 8.26. The second kappa shape index (κ2) is 12.1. The molecule has 0 saturated carbocycles. The second-order valence-corrected chi connectivity index (χ2v) is 6.84. The smallest absolute Gasteiger partial charge is 0.141 e. The van der Waals surface area contributed by atoms with Crippen molar-refractivity contribution in [3.63, 3.8) is 0 Å². The van der Waals surface area contributed by atoms with Crippen molar-refractivity contribution >= 4 is 5.69 Å². The molecule has 0 amide bonds. The number of anilines is 1. The molecule has 1 rings (SSSR count). The van der Waals surface area contributed by atoms with Crippen molar-refractivity contribution in [2.75, 3.05) is 32.6 Å². The maximum absolute atomic E-state index is 5.42. The molecule has 0 radical (unpaired) electrons. The fourth-order valence-electron chi connectivity index (χ4n) is 2.46. The molecule has 0 aromatic heterocycles. The van der Waals surface area contributed by atoms with Crippen LogP contribution in [0.25, 0.3) is 0 Å². The van der Waals surface area contributed by atoms with Crippen LogP contribution in [-0.2, 0) is 0 Å². The Hall–Kier alpha value is -2.34. The molecule has 0 aliphatic heterocycles. The van der Waals surface area contributed by atoms with Gasteiger partial charge in [-0.3, -0.25) is 5.01 Å². The van der Waals surface area contributed by atoms with E-state index in [2.05, 4.69) is 48.0 Å². The van der Waals surface area contributed by atoms with Crippen LogP contribution in [0.5, 0.6) is 5.75 Å². The maximum atomic E-state index is 5.42. The molecule has 2 N–H and O–H groups in total. The van der Waals surface area contributed by atoms with Crippen LogP contribution in [0.2, 0.25) is 0 Å². The van der Waals surface area contributed by atoms with Crippen LogP contribution < -0.4 is 15.4 Å². The van der Waals surface area contributed by atoms with Gasteiger partial charge in [0, 0.05) is 32.2 Å². The van der Waals surface area contributed by atoms with Crippen LogP contribution in [0.3, 0.4) is 0 Å². The molecule has 2 unspecified atom stereocenters. The number of nitrogens with one attached hydrogen (secondary N) is 2. The molecule has 1 aromatic rings. The first-order valence-corrected chi connectivity index (χ1v) is 9.40. The van der Waals surface area contributed by atoms with Crippen molar-refractivity contribution in [3.05, 3.63) is 49.1 Å². The molecule has 0 bridgehead atoms. The van der Waals surface area contributed by atoms with Gasteiger partial charge in [-0.05, 0) is 39.3 Å². The lowest BCUT2D eigenvalue weighted by Gasteiger charge is -2.23. The lowest BCUT2D eigenvalue weighted by Crippen LogP contribution is -2.34. The van der Waals surface area contributed by atoms with Crippen LogP contribution in [0, 0.1) is 0 Å². The third-order valence-corrected chi connectivity index (χ3v) is 4.47. The molecule has 0 fully saturated rings. The number of benzene rings is 1. The van der Waals surface area contributed by atoms with E-state index in [9.17, 15) is 0 Å². The van der Waals surface area contributed by atoms with Crippen molar-refractivity contribution in [2.24, 2.45) is 10.3 Å². The number of ether oxygens (including phenoxy) is 1. The lowest BCUT2D eigenvalue weighted by molar-refractivity contribution is 0.304.